The summed E-state index contributed by atoms with van der Waals surface area (Å²) in [6, 6.07) is 4.26. The van der Waals surface area contributed by atoms with E-state index in [1.807, 2.05) is 6.92 Å². The first-order valence-electron chi connectivity index (χ1n) is 10.8. The molecule has 0 unspecified atom stereocenters. The molecule has 0 bridgehead atoms. The molecule has 1 aromatic rings. The lowest BCUT2D eigenvalue weighted by Gasteiger charge is -2.37. The molecule has 1 saturated carbocycles. The van der Waals surface area contributed by atoms with Gasteiger partial charge >= 0.3 is 0 Å². The van der Waals surface area contributed by atoms with E-state index >= 15 is 0 Å². The monoisotopic (exact) mass is 464 g/mol. The van der Waals surface area contributed by atoms with Gasteiger partial charge in [0.25, 0.3) is 0 Å². The van der Waals surface area contributed by atoms with Gasteiger partial charge in [-0.15, -0.1) is 0 Å². The molecule has 1 fully saturated rings. The Morgan fingerprint density at radius 2 is 2.12 bits per heavy atom. The topological polar surface area (TPSA) is 96.4 Å². The Kier molecular flexibility index (Phi) is 7.83. The predicted octanol–water partition coefficient (Wildman–Crippen LogP) is 1.32. The van der Waals surface area contributed by atoms with Crippen LogP contribution >= 0.6 is 0 Å². The van der Waals surface area contributed by atoms with E-state index in [-0.39, 0.29) is 48.8 Å². The van der Waals surface area contributed by atoms with Crippen LogP contribution in [0.4, 0.5) is 0 Å². The fourth-order valence-electron chi connectivity index (χ4n) is 3.54. The Hall–Kier alpha value is -2.12. The number of aliphatic hydroxyl groups excluding tert-OH is 1. The third-order valence-corrected chi connectivity index (χ3v) is 7.83. The van der Waals surface area contributed by atoms with Gasteiger partial charge in [0.1, 0.15) is 23.4 Å². The number of carbonyl (C=O) groups is 1. The lowest BCUT2D eigenvalue weighted by Crippen LogP contribution is -2.50. The maximum atomic E-state index is 13.5. The van der Waals surface area contributed by atoms with E-state index in [0.29, 0.717) is 11.5 Å². The number of nitrogens with zero attached hydrogens (tertiary/aromatic N) is 2. The standard InChI is InChI=1S/C23H32N2O6S/c1-16-12-25(17(2)14-26)32(28,29)22-10-9-19(8-7-18-5-6-18)11-20(22)31-21(16)13-24(3)23(27)15-30-4/h9-11,16-18,21,26H,5-6,12-15H2,1-4H3/t16-,17-,21-/m0/s1. The van der Waals surface area contributed by atoms with Crippen molar-refractivity contribution in [3.05, 3.63) is 23.8 Å². The molecule has 1 heterocycles. The predicted molar refractivity (Wildman–Crippen MR) is 120 cm³/mol. The summed E-state index contributed by atoms with van der Waals surface area (Å²) < 4.78 is 39.4. The van der Waals surface area contributed by atoms with Gasteiger partial charge in [-0.05, 0) is 38.0 Å². The highest BCUT2D eigenvalue weighted by molar-refractivity contribution is 7.89. The molecule has 9 heteroatoms. The normalized spacial score (nSPS) is 23.5. The Labute approximate surface area is 190 Å². The van der Waals surface area contributed by atoms with Crippen LogP contribution in [0.3, 0.4) is 0 Å². The molecule has 1 N–H and O–H groups in total. The quantitative estimate of drug-likeness (QED) is 0.638. The molecule has 2 aliphatic rings. The molecule has 3 atom stereocenters. The van der Waals surface area contributed by atoms with Crippen molar-refractivity contribution in [2.45, 2.75) is 43.7 Å². The van der Waals surface area contributed by atoms with Crippen LogP contribution in [0.25, 0.3) is 0 Å². The third-order valence-electron chi connectivity index (χ3n) is 5.81. The van der Waals surface area contributed by atoms with Gasteiger partial charge in [-0.3, -0.25) is 4.79 Å². The molecule has 0 saturated heterocycles. The first kappa shape index (κ1) is 24.5. The Morgan fingerprint density at radius 1 is 1.41 bits per heavy atom. The second-order valence-corrected chi connectivity index (χ2v) is 10.5. The van der Waals surface area contributed by atoms with Crippen molar-refractivity contribution < 1.29 is 27.8 Å². The summed E-state index contributed by atoms with van der Waals surface area (Å²) in [5.74, 6) is 6.48. The number of hydrogen-bond acceptors (Lipinski definition) is 6. The highest BCUT2D eigenvalue weighted by Gasteiger charge is 2.38. The number of methoxy groups -OCH3 is 1. The molecule has 176 valence electrons. The molecule has 1 aliphatic heterocycles. The number of benzene rings is 1. The van der Waals surface area contributed by atoms with Gasteiger partial charge in [-0.25, -0.2) is 8.42 Å². The molecule has 1 amide bonds. The molecular formula is C23H32N2O6S. The number of likely N-dealkylation sites (N-methyl/N-ethyl adjacent to an activating group) is 1. The van der Waals surface area contributed by atoms with Gasteiger partial charge in [0.05, 0.1) is 13.2 Å². The van der Waals surface area contributed by atoms with Crippen molar-refractivity contribution in [1.29, 1.82) is 0 Å². The van der Waals surface area contributed by atoms with Crippen molar-refractivity contribution in [2.75, 3.05) is 40.5 Å². The lowest BCUT2D eigenvalue weighted by molar-refractivity contribution is -0.135. The van der Waals surface area contributed by atoms with Crippen LogP contribution in [0.15, 0.2) is 23.1 Å². The van der Waals surface area contributed by atoms with E-state index in [1.54, 1.807) is 26.1 Å². The Balaban J connectivity index is 2.01. The highest BCUT2D eigenvalue weighted by Crippen LogP contribution is 2.34. The second kappa shape index (κ2) is 10.2. The molecule has 3 rings (SSSR count). The van der Waals surface area contributed by atoms with Crippen molar-refractivity contribution in [3.63, 3.8) is 0 Å². The number of amides is 1. The molecule has 0 radical (unpaired) electrons. The zero-order valence-corrected chi connectivity index (χ0v) is 19.9. The van der Waals surface area contributed by atoms with Crippen molar-refractivity contribution in [3.8, 4) is 17.6 Å². The molecular weight excluding hydrogens is 432 g/mol. The lowest BCUT2D eigenvalue weighted by atomic mass is 10.0. The minimum Gasteiger partial charge on any atom is -0.487 e. The number of hydrogen-bond donors (Lipinski definition) is 1. The van der Waals surface area contributed by atoms with Crippen LogP contribution in [-0.2, 0) is 19.6 Å². The fraction of sp³-hybridized carbons (Fsp3) is 0.609. The number of aliphatic hydroxyl groups is 1. The summed E-state index contributed by atoms with van der Waals surface area (Å²) in [6.45, 7) is 3.63. The summed E-state index contributed by atoms with van der Waals surface area (Å²) in [5, 5.41) is 9.71. The summed E-state index contributed by atoms with van der Waals surface area (Å²) in [4.78, 5) is 13.8. The molecule has 1 aliphatic carbocycles. The summed E-state index contributed by atoms with van der Waals surface area (Å²) in [6.07, 6.45) is 1.73. The van der Waals surface area contributed by atoms with E-state index in [9.17, 15) is 18.3 Å². The highest BCUT2D eigenvalue weighted by atomic mass is 32.2. The van der Waals surface area contributed by atoms with E-state index in [0.717, 1.165) is 12.8 Å². The molecule has 1 aromatic carbocycles. The average Bonchev–Trinajstić information content (AvgIpc) is 3.58. The first-order valence-corrected chi connectivity index (χ1v) is 12.3. The largest absolute Gasteiger partial charge is 0.487 e. The van der Waals surface area contributed by atoms with Gasteiger partial charge in [0.2, 0.25) is 15.9 Å². The fourth-order valence-corrected chi connectivity index (χ4v) is 5.37. The number of carbonyl (C=O) groups excluding carboxylic acids is 1. The minimum atomic E-state index is -3.90. The molecule has 32 heavy (non-hydrogen) atoms. The summed E-state index contributed by atoms with van der Waals surface area (Å²) in [5.41, 5.74) is 0.684. The van der Waals surface area contributed by atoms with Crippen LogP contribution in [0.1, 0.15) is 32.3 Å². The van der Waals surface area contributed by atoms with E-state index in [2.05, 4.69) is 11.8 Å². The van der Waals surface area contributed by atoms with Crippen LogP contribution < -0.4 is 4.74 Å². The second-order valence-electron chi connectivity index (χ2n) is 8.65. The zero-order chi connectivity index (χ0) is 23.5. The third kappa shape index (κ3) is 5.62. The maximum Gasteiger partial charge on any atom is 0.248 e. The average molecular weight is 465 g/mol. The summed E-state index contributed by atoms with van der Waals surface area (Å²) >= 11 is 0. The maximum absolute atomic E-state index is 13.5. The van der Waals surface area contributed by atoms with Crippen molar-refractivity contribution in [2.24, 2.45) is 11.8 Å². The van der Waals surface area contributed by atoms with Gasteiger partial charge in [0.15, 0.2) is 0 Å². The molecule has 8 nitrogen and oxygen atoms in total. The minimum absolute atomic E-state index is 0.0394. The Bertz CT molecular complexity index is 995. The van der Waals surface area contributed by atoms with Gasteiger partial charge < -0.3 is 19.5 Å². The molecule has 0 spiro atoms. The van der Waals surface area contributed by atoms with Crippen LogP contribution in [0, 0.1) is 23.7 Å². The van der Waals surface area contributed by atoms with Crippen LogP contribution in [-0.4, -0.2) is 81.2 Å². The van der Waals surface area contributed by atoms with Crippen LogP contribution in [0.2, 0.25) is 0 Å². The number of rotatable bonds is 6. The number of fused-ring (bicyclic) bond motifs is 1. The van der Waals surface area contributed by atoms with Gasteiger partial charge in [0, 0.05) is 44.1 Å². The van der Waals surface area contributed by atoms with Gasteiger partial charge in [-0.2, -0.15) is 4.31 Å². The van der Waals surface area contributed by atoms with E-state index in [4.69, 9.17) is 9.47 Å². The van der Waals surface area contributed by atoms with E-state index < -0.39 is 22.2 Å². The number of ether oxygens (including phenoxy) is 2. The van der Waals surface area contributed by atoms with Gasteiger partial charge in [-0.1, -0.05) is 18.8 Å². The smallest absolute Gasteiger partial charge is 0.248 e. The number of sulfonamides is 1. The Morgan fingerprint density at radius 3 is 2.75 bits per heavy atom. The van der Waals surface area contributed by atoms with Crippen molar-refractivity contribution >= 4 is 15.9 Å². The van der Waals surface area contributed by atoms with Crippen LogP contribution in [0.5, 0.6) is 5.75 Å². The SMILES string of the molecule is COCC(=O)N(C)C[C@@H]1Oc2cc(C#CC3CC3)ccc2S(=O)(=O)N([C@@H](C)CO)C[C@@H]1C. The van der Waals surface area contributed by atoms with Crippen molar-refractivity contribution in [1.82, 2.24) is 9.21 Å². The zero-order valence-electron chi connectivity index (χ0n) is 19.1. The first-order chi connectivity index (χ1) is 15.2. The van der Waals surface area contributed by atoms with E-state index in [1.165, 1.54) is 22.4 Å². The molecule has 0 aromatic heterocycles. The summed E-state index contributed by atoms with van der Waals surface area (Å²) in [7, 11) is -0.775.